The van der Waals surface area contributed by atoms with Gasteiger partial charge in [0.05, 0.1) is 13.2 Å². The van der Waals surface area contributed by atoms with Gasteiger partial charge in [0.25, 0.3) is 0 Å². The average Bonchev–Trinajstić information content (AvgIpc) is 2.47. The predicted octanol–water partition coefficient (Wildman–Crippen LogP) is 3.77. The maximum absolute atomic E-state index is 11.5. The van der Waals surface area contributed by atoms with Crippen molar-refractivity contribution < 1.29 is 19.1 Å². The second-order valence-electron chi connectivity index (χ2n) is 6.20. The number of carbonyl (C=O) groups is 2. The van der Waals surface area contributed by atoms with Crippen LogP contribution in [0.4, 0.5) is 0 Å². The van der Waals surface area contributed by atoms with Crippen molar-refractivity contribution >= 4 is 11.9 Å². The van der Waals surface area contributed by atoms with Gasteiger partial charge in [0.2, 0.25) is 0 Å². The van der Waals surface area contributed by atoms with Crippen LogP contribution in [-0.4, -0.2) is 25.2 Å². The third kappa shape index (κ3) is 6.04. The summed E-state index contributed by atoms with van der Waals surface area (Å²) in [4.78, 5) is 22.9. The van der Waals surface area contributed by atoms with Crippen molar-refractivity contribution in [3.05, 3.63) is 30.7 Å². The maximum atomic E-state index is 11.5. The van der Waals surface area contributed by atoms with E-state index < -0.39 is 0 Å². The Labute approximate surface area is 133 Å². The molecule has 0 aromatic rings. The molecule has 0 aromatic carbocycles. The highest BCUT2D eigenvalue weighted by Gasteiger charge is 2.32. The van der Waals surface area contributed by atoms with Gasteiger partial charge < -0.3 is 9.47 Å². The first kappa shape index (κ1) is 18.5. The Bertz CT molecular complexity index is 396. The molecule has 0 N–H and O–H groups in total. The minimum Gasteiger partial charge on any atom is -0.462 e. The molecule has 123 valence electrons. The zero-order valence-corrected chi connectivity index (χ0v) is 13.8. The van der Waals surface area contributed by atoms with Crippen LogP contribution >= 0.6 is 0 Å². The number of esters is 2. The monoisotopic (exact) mass is 307 g/mol. The van der Waals surface area contributed by atoms with E-state index in [2.05, 4.69) is 19.6 Å². The molecule has 0 spiro atoms. The lowest BCUT2D eigenvalue weighted by Gasteiger charge is -2.37. The van der Waals surface area contributed by atoms with Gasteiger partial charge in [-0.1, -0.05) is 13.2 Å². The molecule has 0 amide bonds. The first-order valence-corrected chi connectivity index (χ1v) is 7.83. The molecule has 1 saturated carbocycles. The summed E-state index contributed by atoms with van der Waals surface area (Å²) in [5, 5.41) is 0. The molecule has 0 aliphatic heterocycles. The van der Waals surface area contributed by atoms with Crippen LogP contribution < -0.4 is 0 Å². The topological polar surface area (TPSA) is 52.6 Å². The van der Waals surface area contributed by atoms with Gasteiger partial charge in [0.15, 0.2) is 0 Å². The Kier molecular flexibility index (Phi) is 7.36. The standard InChI is InChI=1S/C18H27O4/c1-14(2)16(19)21-12-10-18(8-6-5-7-9-18)11-13-22-17(20)15(3)4/h5H,1,3,6-13H2,2,4H3. The molecule has 0 unspecified atom stereocenters. The number of carbonyl (C=O) groups excluding carboxylic acids is 2. The van der Waals surface area contributed by atoms with Crippen molar-refractivity contribution in [1.29, 1.82) is 0 Å². The number of hydrogen-bond donors (Lipinski definition) is 0. The van der Waals surface area contributed by atoms with Crippen molar-refractivity contribution in [3.63, 3.8) is 0 Å². The van der Waals surface area contributed by atoms with E-state index in [-0.39, 0.29) is 17.4 Å². The maximum Gasteiger partial charge on any atom is 0.333 e. The fourth-order valence-corrected chi connectivity index (χ4v) is 2.68. The summed E-state index contributed by atoms with van der Waals surface area (Å²) in [6, 6.07) is 0. The van der Waals surface area contributed by atoms with Gasteiger partial charge in [-0.25, -0.2) is 9.59 Å². The zero-order chi connectivity index (χ0) is 16.6. The Morgan fingerprint density at radius 3 is 1.73 bits per heavy atom. The second-order valence-corrected chi connectivity index (χ2v) is 6.20. The van der Waals surface area contributed by atoms with Crippen molar-refractivity contribution in [1.82, 2.24) is 0 Å². The van der Waals surface area contributed by atoms with Crippen LogP contribution in [0.25, 0.3) is 0 Å². The molecular weight excluding hydrogens is 280 g/mol. The molecule has 1 radical (unpaired) electrons. The second kappa shape index (κ2) is 8.76. The van der Waals surface area contributed by atoms with Gasteiger partial charge in [-0.15, -0.1) is 0 Å². The fourth-order valence-electron chi connectivity index (χ4n) is 2.68. The highest BCUT2D eigenvalue weighted by atomic mass is 16.5. The Balaban J connectivity index is 2.47. The van der Waals surface area contributed by atoms with E-state index >= 15 is 0 Å². The summed E-state index contributed by atoms with van der Waals surface area (Å²) >= 11 is 0. The molecule has 22 heavy (non-hydrogen) atoms. The Morgan fingerprint density at radius 2 is 1.36 bits per heavy atom. The van der Waals surface area contributed by atoms with Gasteiger partial charge in [0, 0.05) is 11.1 Å². The van der Waals surface area contributed by atoms with Crippen LogP contribution in [0, 0.1) is 11.8 Å². The van der Waals surface area contributed by atoms with Crippen molar-refractivity contribution in [2.45, 2.75) is 52.4 Å². The van der Waals surface area contributed by atoms with Crippen LogP contribution in [0.5, 0.6) is 0 Å². The molecule has 1 aliphatic rings. The third-order valence-electron chi connectivity index (χ3n) is 4.19. The number of hydrogen-bond acceptors (Lipinski definition) is 4. The summed E-state index contributed by atoms with van der Waals surface area (Å²) in [6.07, 6.45) is 8.09. The van der Waals surface area contributed by atoms with Crippen LogP contribution in [0.15, 0.2) is 24.3 Å². The quantitative estimate of drug-likeness (QED) is 0.506. The molecule has 0 heterocycles. The molecular formula is C18H27O4. The lowest BCUT2D eigenvalue weighted by atomic mass is 9.70. The highest BCUT2D eigenvalue weighted by molar-refractivity contribution is 5.87. The Hall–Kier alpha value is -1.58. The number of ether oxygens (including phenoxy) is 2. The smallest absolute Gasteiger partial charge is 0.333 e. The lowest BCUT2D eigenvalue weighted by Crippen LogP contribution is -2.29. The molecule has 0 saturated heterocycles. The van der Waals surface area contributed by atoms with Crippen LogP contribution in [0.3, 0.4) is 0 Å². The van der Waals surface area contributed by atoms with E-state index in [1.165, 1.54) is 0 Å². The highest BCUT2D eigenvalue weighted by Crippen LogP contribution is 2.42. The van der Waals surface area contributed by atoms with E-state index in [1.54, 1.807) is 13.8 Å². The number of rotatable bonds is 8. The van der Waals surface area contributed by atoms with Crippen LogP contribution in [0.2, 0.25) is 0 Å². The minimum absolute atomic E-state index is 0.0828. The molecule has 1 rings (SSSR count). The summed E-state index contributed by atoms with van der Waals surface area (Å²) in [5.41, 5.74) is 0.919. The summed E-state index contributed by atoms with van der Waals surface area (Å²) in [7, 11) is 0. The van der Waals surface area contributed by atoms with Crippen LogP contribution in [-0.2, 0) is 19.1 Å². The first-order chi connectivity index (χ1) is 10.4. The molecule has 4 heteroatoms. The van der Waals surface area contributed by atoms with E-state index in [0.29, 0.717) is 24.4 Å². The molecule has 4 nitrogen and oxygen atoms in total. The van der Waals surface area contributed by atoms with Gasteiger partial charge in [-0.2, -0.15) is 0 Å². The molecule has 0 bridgehead atoms. The minimum atomic E-state index is -0.341. The zero-order valence-electron chi connectivity index (χ0n) is 13.8. The van der Waals surface area contributed by atoms with E-state index in [0.717, 1.165) is 38.5 Å². The average molecular weight is 307 g/mol. The van der Waals surface area contributed by atoms with Gasteiger partial charge in [-0.3, -0.25) is 0 Å². The van der Waals surface area contributed by atoms with Gasteiger partial charge >= 0.3 is 11.9 Å². The van der Waals surface area contributed by atoms with Gasteiger partial charge in [0.1, 0.15) is 0 Å². The summed E-state index contributed by atoms with van der Waals surface area (Å²) < 4.78 is 10.5. The molecule has 0 aromatic heterocycles. The predicted molar refractivity (Wildman–Crippen MR) is 86.0 cm³/mol. The Morgan fingerprint density at radius 1 is 0.955 bits per heavy atom. The molecule has 1 aliphatic carbocycles. The van der Waals surface area contributed by atoms with Crippen molar-refractivity contribution in [3.8, 4) is 0 Å². The van der Waals surface area contributed by atoms with Crippen molar-refractivity contribution in [2.24, 2.45) is 5.41 Å². The van der Waals surface area contributed by atoms with E-state index in [9.17, 15) is 9.59 Å². The van der Waals surface area contributed by atoms with E-state index in [4.69, 9.17) is 9.47 Å². The normalized spacial score (nSPS) is 16.6. The SMILES string of the molecule is C=C(C)C(=O)OCCC1(CCOC(=O)C(=C)C)CC[CH]CC1. The molecule has 0 atom stereocenters. The van der Waals surface area contributed by atoms with E-state index in [1.807, 2.05) is 0 Å². The third-order valence-corrected chi connectivity index (χ3v) is 4.19. The summed E-state index contributed by atoms with van der Waals surface area (Å²) in [5.74, 6) is -0.683. The van der Waals surface area contributed by atoms with Crippen LogP contribution in [0.1, 0.15) is 52.4 Å². The van der Waals surface area contributed by atoms with Gasteiger partial charge in [-0.05, 0) is 64.2 Å². The summed E-state index contributed by atoms with van der Waals surface area (Å²) in [6.45, 7) is 11.2. The fraction of sp³-hybridized carbons (Fsp3) is 0.611. The lowest BCUT2D eigenvalue weighted by molar-refractivity contribution is -0.140. The molecule has 1 fully saturated rings. The van der Waals surface area contributed by atoms with Crippen molar-refractivity contribution in [2.75, 3.05) is 13.2 Å². The largest absolute Gasteiger partial charge is 0.462 e. The first-order valence-electron chi connectivity index (χ1n) is 7.83.